The van der Waals surface area contributed by atoms with E-state index in [0.29, 0.717) is 0 Å². The number of nitrogens with one attached hydrogen (secondary N) is 1. The monoisotopic (exact) mass is 157 g/mol. The Balaban J connectivity index is 3.12. The maximum absolute atomic E-state index is 10.2. The summed E-state index contributed by atoms with van der Waals surface area (Å²) in [6.07, 6.45) is 0. The molecule has 0 bridgehead atoms. The summed E-state index contributed by atoms with van der Waals surface area (Å²) in [6.45, 7) is 0. The van der Waals surface area contributed by atoms with Gasteiger partial charge in [0.15, 0.2) is 0 Å². The minimum atomic E-state index is -0.584. The van der Waals surface area contributed by atoms with E-state index in [4.69, 9.17) is 0 Å². The number of anilines is 1. The molecule has 1 aromatic rings. The average molecular weight is 157 g/mol. The summed E-state index contributed by atoms with van der Waals surface area (Å²) >= 11 is 0. The highest BCUT2D eigenvalue weighted by Gasteiger charge is 2.19. The second-order valence-electron chi connectivity index (χ2n) is 1.87. The van der Waals surface area contributed by atoms with Crippen molar-refractivity contribution in [2.45, 2.75) is 0 Å². The van der Waals surface area contributed by atoms with E-state index in [1.165, 1.54) is 7.05 Å². The van der Waals surface area contributed by atoms with E-state index in [-0.39, 0.29) is 11.6 Å². The van der Waals surface area contributed by atoms with Crippen molar-refractivity contribution in [3.8, 4) is 0 Å². The van der Waals surface area contributed by atoms with E-state index in [0.717, 1.165) is 4.80 Å². The molecule has 0 spiro atoms. The molecule has 7 heteroatoms. The first-order chi connectivity index (χ1) is 5.15. The van der Waals surface area contributed by atoms with E-state index in [2.05, 4.69) is 15.5 Å². The van der Waals surface area contributed by atoms with Gasteiger partial charge in [0.25, 0.3) is 5.82 Å². The van der Waals surface area contributed by atoms with Crippen LogP contribution >= 0.6 is 0 Å². The molecule has 0 saturated carbocycles. The van der Waals surface area contributed by atoms with Crippen LogP contribution in [0.2, 0.25) is 0 Å². The maximum Gasteiger partial charge on any atom is 0.434 e. The standard InChI is InChI=1S/C4H7N5O2/c1-5-3-4(9(10)11)7-8(2)6-3/h1-2H3,(H,5,6). The van der Waals surface area contributed by atoms with E-state index < -0.39 is 4.92 Å². The lowest BCUT2D eigenvalue weighted by Gasteiger charge is -1.89. The summed E-state index contributed by atoms with van der Waals surface area (Å²) in [6, 6.07) is 0. The maximum atomic E-state index is 10.2. The molecule has 0 aliphatic heterocycles. The van der Waals surface area contributed by atoms with Crippen LogP contribution in [0.5, 0.6) is 0 Å². The highest BCUT2D eigenvalue weighted by atomic mass is 16.6. The number of rotatable bonds is 2. The van der Waals surface area contributed by atoms with Crippen molar-refractivity contribution in [3.63, 3.8) is 0 Å². The van der Waals surface area contributed by atoms with Gasteiger partial charge in [0.1, 0.15) is 0 Å². The zero-order valence-corrected chi connectivity index (χ0v) is 6.11. The summed E-state index contributed by atoms with van der Waals surface area (Å²) in [7, 11) is 3.07. The van der Waals surface area contributed by atoms with Crippen molar-refractivity contribution in [1.82, 2.24) is 15.0 Å². The smallest absolute Gasteiger partial charge is 0.364 e. The quantitative estimate of drug-likeness (QED) is 0.473. The van der Waals surface area contributed by atoms with Crippen LogP contribution in [0, 0.1) is 10.1 Å². The van der Waals surface area contributed by atoms with Gasteiger partial charge >= 0.3 is 5.82 Å². The molecule has 7 nitrogen and oxygen atoms in total. The summed E-state index contributed by atoms with van der Waals surface area (Å²) < 4.78 is 0. The Labute approximate surface area is 62.2 Å². The van der Waals surface area contributed by atoms with Gasteiger partial charge in [-0.15, -0.1) is 5.10 Å². The Morgan fingerprint density at radius 3 is 2.64 bits per heavy atom. The number of aryl methyl sites for hydroxylation is 1. The van der Waals surface area contributed by atoms with Crippen LogP contribution in [0.1, 0.15) is 0 Å². The fourth-order valence-corrected chi connectivity index (χ4v) is 0.681. The van der Waals surface area contributed by atoms with Gasteiger partial charge in [0.2, 0.25) is 0 Å². The lowest BCUT2D eigenvalue weighted by atomic mass is 10.6. The first-order valence-electron chi connectivity index (χ1n) is 2.88. The highest BCUT2D eigenvalue weighted by molar-refractivity contribution is 5.48. The third kappa shape index (κ3) is 1.26. The molecule has 0 atom stereocenters. The van der Waals surface area contributed by atoms with Crippen LogP contribution < -0.4 is 5.32 Å². The van der Waals surface area contributed by atoms with Crippen molar-refractivity contribution in [2.24, 2.45) is 7.05 Å². The second-order valence-corrected chi connectivity index (χ2v) is 1.87. The number of hydrogen-bond donors (Lipinski definition) is 1. The molecule has 0 aliphatic rings. The van der Waals surface area contributed by atoms with Crippen LogP contribution in [0.15, 0.2) is 0 Å². The summed E-state index contributed by atoms with van der Waals surface area (Å²) in [5.41, 5.74) is 0. The lowest BCUT2D eigenvalue weighted by molar-refractivity contribution is -0.388. The number of aromatic nitrogens is 3. The Bertz CT molecular complexity index is 280. The van der Waals surface area contributed by atoms with Crippen molar-refractivity contribution in [2.75, 3.05) is 12.4 Å². The molecule has 1 aromatic heterocycles. The topological polar surface area (TPSA) is 85.9 Å². The third-order valence-corrected chi connectivity index (χ3v) is 1.11. The molecular weight excluding hydrogens is 150 g/mol. The number of hydrogen-bond acceptors (Lipinski definition) is 5. The molecule has 1 N–H and O–H groups in total. The Kier molecular flexibility index (Phi) is 1.71. The van der Waals surface area contributed by atoms with Crippen LogP contribution in [-0.2, 0) is 7.05 Å². The number of nitro groups is 1. The van der Waals surface area contributed by atoms with E-state index in [9.17, 15) is 10.1 Å². The Hall–Kier alpha value is -1.66. The zero-order valence-electron chi connectivity index (χ0n) is 6.11. The van der Waals surface area contributed by atoms with E-state index in [1.807, 2.05) is 0 Å². The molecule has 0 aliphatic carbocycles. The zero-order chi connectivity index (χ0) is 8.43. The fourth-order valence-electron chi connectivity index (χ4n) is 0.681. The normalized spacial score (nSPS) is 9.64. The Morgan fingerprint density at radius 1 is 1.64 bits per heavy atom. The van der Waals surface area contributed by atoms with Crippen molar-refractivity contribution in [1.29, 1.82) is 0 Å². The van der Waals surface area contributed by atoms with Gasteiger partial charge in [-0.1, -0.05) is 4.80 Å². The minimum absolute atomic E-state index is 0.178. The summed E-state index contributed by atoms with van der Waals surface area (Å²) in [5, 5.41) is 20.0. The van der Waals surface area contributed by atoms with Gasteiger partial charge in [-0.05, 0) is 4.92 Å². The van der Waals surface area contributed by atoms with Crippen molar-refractivity contribution >= 4 is 11.6 Å². The molecule has 0 saturated heterocycles. The molecule has 0 aromatic carbocycles. The molecule has 0 radical (unpaired) electrons. The summed E-state index contributed by atoms with van der Waals surface area (Å²) in [5.74, 6) is -0.0764. The first-order valence-corrected chi connectivity index (χ1v) is 2.88. The predicted molar refractivity (Wildman–Crippen MR) is 37.2 cm³/mol. The van der Waals surface area contributed by atoms with Crippen LogP contribution in [0.25, 0.3) is 0 Å². The van der Waals surface area contributed by atoms with Gasteiger partial charge in [-0.2, -0.15) is 0 Å². The molecule has 11 heavy (non-hydrogen) atoms. The lowest BCUT2D eigenvalue weighted by Crippen LogP contribution is -1.94. The highest BCUT2D eigenvalue weighted by Crippen LogP contribution is 2.15. The van der Waals surface area contributed by atoms with Gasteiger partial charge in [-0.25, -0.2) is 0 Å². The van der Waals surface area contributed by atoms with Crippen LogP contribution in [0.4, 0.5) is 11.6 Å². The summed E-state index contributed by atoms with van der Waals surface area (Å²) in [4.78, 5) is 10.8. The van der Waals surface area contributed by atoms with Gasteiger partial charge in [-0.3, -0.25) is 0 Å². The van der Waals surface area contributed by atoms with E-state index in [1.54, 1.807) is 7.05 Å². The first kappa shape index (κ1) is 7.45. The molecular formula is C4H7N5O2. The molecule has 0 amide bonds. The third-order valence-electron chi connectivity index (χ3n) is 1.11. The van der Waals surface area contributed by atoms with Gasteiger partial charge < -0.3 is 15.4 Å². The molecule has 0 unspecified atom stereocenters. The molecule has 1 rings (SSSR count). The van der Waals surface area contributed by atoms with Crippen LogP contribution in [-0.4, -0.2) is 27.0 Å². The SMILES string of the molecule is CNc1nn(C)nc1[N+](=O)[O-]. The largest absolute Gasteiger partial charge is 0.434 e. The van der Waals surface area contributed by atoms with E-state index >= 15 is 0 Å². The Morgan fingerprint density at radius 2 is 2.27 bits per heavy atom. The second kappa shape index (κ2) is 2.52. The fraction of sp³-hybridized carbons (Fsp3) is 0.500. The molecule has 0 fully saturated rings. The minimum Gasteiger partial charge on any atom is -0.364 e. The number of nitrogens with zero attached hydrogens (tertiary/aromatic N) is 4. The van der Waals surface area contributed by atoms with Gasteiger partial charge in [0.05, 0.1) is 12.1 Å². The molecule has 60 valence electrons. The van der Waals surface area contributed by atoms with Crippen LogP contribution in [0.3, 0.4) is 0 Å². The average Bonchev–Trinajstić information content (AvgIpc) is 2.30. The van der Waals surface area contributed by atoms with Gasteiger partial charge in [0, 0.05) is 7.05 Å². The van der Waals surface area contributed by atoms with Crippen molar-refractivity contribution in [3.05, 3.63) is 10.1 Å². The van der Waals surface area contributed by atoms with Crippen molar-refractivity contribution < 1.29 is 4.92 Å². The molecule has 1 heterocycles. The predicted octanol–water partition coefficient (Wildman–Crippen LogP) is -0.235.